The summed E-state index contributed by atoms with van der Waals surface area (Å²) in [4.78, 5) is 7.32. The normalized spacial score (nSPS) is 12.9. The van der Waals surface area contributed by atoms with Gasteiger partial charge in [-0.1, -0.05) is 62.2 Å². The van der Waals surface area contributed by atoms with Crippen LogP contribution < -0.4 is 9.64 Å². The number of aliphatic imine (C=N–C) groups is 1. The first-order valence-electron chi connectivity index (χ1n) is 11.1. The molecule has 3 aromatic rings. The monoisotopic (exact) mass is 422 g/mol. The van der Waals surface area contributed by atoms with Crippen LogP contribution in [0, 0.1) is 26.2 Å². The minimum atomic E-state index is 0.251. The molecule has 4 rings (SSSR count). The number of nitrogens with zero attached hydrogens (tertiary/aromatic N) is 2. The average molecular weight is 423 g/mol. The van der Waals surface area contributed by atoms with Crippen molar-refractivity contribution in [2.45, 2.75) is 40.2 Å². The Morgan fingerprint density at radius 2 is 1.78 bits per heavy atom. The van der Waals surface area contributed by atoms with E-state index in [-0.39, 0.29) is 6.61 Å². The van der Waals surface area contributed by atoms with E-state index in [1.54, 1.807) is 0 Å². The van der Waals surface area contributed by atoms with Gasteiger partial charge < -0.3 is 9.64 Å². The van der Waals surface area contributed by atoms with E-state index >= 15 is 0 Å². The molecule has 0 aliphatic carbocycles. The van der Waals surface area contributed by atoms with Crippen LogP contribution in [0.2, 0.25) is 0 Å². The van der Waals surface area contributed by atoms with Gasteiger partial charge in [-0.15, -0.1) is 6.42 Å². The van der Waals surface area contributed by atoms with Crippen LogP contribution >= 0.6 is 0 Å². The molecular formula is C29H30N2O. The lowest BCUT2D eigenvalue weighted by molar-refractivity contribution is 0.370. The Labute approximate surface area is 191 Å². The fraction of sp³-hybridized carbons (Fsp3) is 0.276. The highest BCUT2D eigenvalue weighted by atomic mass is 16.5. The molecule has 1 heterocycles. The zero-order valence-corrected chi connectivity index (χ0v) is 19.4. The van der Waals surface area contributed by atoms with Crippen molar-refractivity contribution < 1.29 is 4.74 Å². The highest BCUT2D eigenvalue weighted by molar-refractivity contribution is 6.17. The van der Waals surface area contributed by atoms with Crippen LogP contribution in [-0.4, -0.2) is 19.0 Å². The second kappa shape index (κ2) is 9.32. The Bertz CT molecular complexity index is 1180. The molecule has 162 valence electrons. The predicted octanol–water partition coefficient (Wildman–Crippen LogP) is 6.25. The van der Waals surface area contributed by atoms with Crippen LogP contribution in [0.15, 0.2) is 65.7 Å². The topological polar surface area (TPSA) is 24.8 Å². The van der Waals surface area contributed by atoms with Crippen molar-refractivity contribution in [1.29, 1.82) is 0 Å². The van der Waals surface area contributed by atoms with Crippen LogP contribution in [0.3, 0.4) is 0 Å². The number of ether oxygens (including phenoxy) is 1. The highest BCUT2D eigenvalue weighted by Gasteiger charge is 2.22. The number of rotatable bonds is 6. The molecule has 0 radical (unpaired) electrons. The minimum absolute atomic E-state index is 0.251. The largest absolute Gasteiger partial charge is 0.481 e. The van der Waals surface area contributed by atoms with E-state index in [9.17, 15) is 0 Å². The van der Waals surface area contributed by atoms with E-state index in [2.05, 4.69) is 93.1 Å². The first kappa shape index (κ1) is 21.7. The summed E-state index contributed by atoms with van der Waals surface area (Å²) in [5.41, 5.74) is 9.59. The fourth-order valence-corrected chi connectivity index (χ4v) is 4.04. The molecule has 0 atom stereocenters. The summed E-state index contributed by atoms with van der Waals surface area (Å²) in [7, 11) is 0. The highest BCUT2D eigenvalue weighted by Crippen LogP contribution is 2.33. The Balaban J connectivity index is 1.71. The summed E-state index contributed by atoms with van der Waals surface area (Å²) < 4.78 is 5.73. The second-order valence-electron chi connectivity index (χ2n) is 8.71. The van der Waals surface area contributed by atoms with Crippen LogP contribution in [0.4, 0.5) is 5.69 Å². The third-order valence-corrected chi connectivity index (χ3v) is 6.08. The van der Waals surface area contributed by atoms with Gasteiger partial charge in [0.25, 0.3) is 0 Å². The van der Waals surface area contributed by atoms with E-state index in [1.165, 1.54) is 22.3 Å². The van der Waals surface area contributed by atoms with Crippen LogP contribution in [-0.2, 0) is 6.54 Å². The lowest BCUT2D eigenvalue weighted by Crippen LogP contribution is -2.30. The fourth-order valence-electron chi connectivity index (χ4n) is 4.04. The number of hydrogen-bond acceptors (Lipinski definition) is 3. The number of fused-ring (bicyclic) bond motifs is 1. The van der Waals surface area contributed by atoms with Crippen molar-refractivity contribution in [2.75, 3.05) is 18.2 Å². The Hall–Kier alpha value is -3.51. The maximum Gasteiger partial charge on any atom is 0.148 e. The Morgan fingerprint density at radius 3 is 2.47 bits per heavy atom. The van der Waals surface area contributed by atoms with Crippen molar-refractivity contribution in [3.63, 3.8) is 0 Å². The van der Waals surface area contributed by atoms with Crippen LogP contribution in [0.1, 0.15) is 53.1 Å². The standard InChI is InChI=1S/C29H30N2O/c1-6-15-32-26-13-14-28-27(17-26)29(25-11-9-24(10-12-25)20(2)3)30-19-31(28)18-23-8-7-21(4)22(5)16-23/h1,7-14,16-17,20H,15,18-19H2,2-5H3. The molecule has 1 aliphatic rings. The van der Waals surface area contributed by atoms with Gasteiger partial charge in [-0.3, -0.25) is 4.99 Å². The molecule has 0 aromatic heterocycles. The molecule has 3 nitrogen and oxygen atoms in total. The van der Waals surface area contributed by atoms with Crippen molar-refractivity contribution in [3.8, 4) is 18.1 Å². The maximum atomic E-state index is 5.73. The smallest absolute Gasteiger partial charge is 0.148 e. The van der Waals surface area contributed by atoms with Crippen molar-refractivity contribution in [1.82, 2.24) is 0 Å². The second-order valence-corrected chi connectivity index (χ2v) is 8.71. The summed E-state index contributed by atoms with van der Waals surface area (Å²) in [6, 6.07) is 21.6. The molecule has 0 saturated heterocycles. The Kier molecular flexibility index (Phi) is 6.32. The van der Waals surface area contributed by atoms with Gasteiger partial charge in [0.2, 0.25) is 0 Å². The number of terminal acetylenes is 1. The van der Waals surface area contributed by atoms with Gasteiger partial charge in [0.05, 0.1) is 5.71 Å². The zero-order chi connectivity index (χ0) is 22.7. The molecule has 0 fully saturated rings. The number of benzene rings is 3. The summed E-state index contributed by atoms with van der Waals surface area (Å²) >= 11 is 0. The molecule has 0 unspecified atom stereocenters. The summed E-state index contributed by atoms with van der Waals surface area (Å²) in [5, 5.41) is 0. The Morgan fingerprint density at radius 1 is 1.00 bits per heavy atom. The van der Waals surface area contributed by atoms with Crippen molar-refractivity contribution in [2.24, 2.45) is 4.99 Å². The molecule has 0 amide bonds. The lowest BCUT2D eigenvalue weighted by Gasteiger charge is -2.31. The van der Waals surface area contributed by atoms with Gasteiger partial charge in [0.1, 0.15) is 19.0 Å². The molecule has 3 aromatic carbocycles. The molecule has 0 N–H and O–H groups in total. The van der Waals surface area contributed by atoms with Gasteiger partial charge in [-0.2, -0.15) is 0 Å². The summed E-state index contributed by atoms with van der Waals surface area (Å²) in [6.45, 7) is 10.4. The van der Waals surface area contributed by atoms with Crippen LogP contribution in [0.5, 0.6) is 5.75 Å². The minimum Gasteiger partial charge on any atom is -0.481 e. The number of hydrogen-bond donors (Lipinski definition) is 0. The molecular weight excluding hydrogens is 392 g/mol. The molecule has 32 heavy (non-hydrogen) atoms. The average Bonchev–Trinajstić information content (AvgIpc) is 2.80. The molecule has 0 spiro atoms. The maximum absolute atomic E-state index is 5.73. The third-order valence-electron chi connectivity index (χ3n) is 6.08. The molecule has 1 aliphatic heterocycles. The van der Waals surface area contributed by atoms with E-state index in [0.29, 0.717) is 12.6 Å². The molecule has 0 saturated carbocycles. The van der Waals surface area contributed by atoms with Gasteiger partial charge >= 0.3 is 0 Å². The first-order valence-corrected chi connectivity index (χ1v) is 11.1. The van der Waals surface area contributed by atoms with Crippen LogP contribution in [0.25, 0.3) is 0 Å². The van der Waals surface area contributed by atoms with Gasteiger partial charge in [0.15, 0.2) is 0 Å². The van der Waals surface area contributed by atoms with E-state index < -0.39 is 0 Å². The predicted molar refractivity (Wildman–Crippen MR) is 134 cm³/mol. The number of aryl methyl sites for hydroxylation is 2. The summed E-state index contributed by atoms with van der Waals surface area (Å²) in [5.74, 6) is 3.81. The van der Waals surface area contributed by atoms with Gasteiger partial charge in [-0.25, -0.2) is 0 Å². The van der Waals surface area contributed by atoms with E-state index in [4.69, 9.17) is 16.2 Å². The lowest BCUT2D eigenvalue weighted by atomic mass is 9.95. The SMILES string of the molecule is C#CCOc1ccc2c(c1)C(c1ccc(C(C)C)cc1)=NCN2Cc1ccc(C)c(C)c1. The summed E-state index contributed by atoms with van der Waals surface area (Å²) in [6.07, 6.45) is 5.39. The van der Waals surface area contributed by atoms with Crippen molar-refractivity contribution >= 4 is 11.4 Å². The van der Waals surface area contributed by atoms with E-state index in [1.807, 2.05) is 6.07 Å². The van der Waals surface area contributed by atoms with Crippen molar-refractivity contribution in [3.05, 3.63) is 94.0 Å². The third kappa shape index (κ3) is 4.55. The zero-order valence-electron chi connectivity index (χ0n) is 19.4. The first-order chi connectivity index (χ1) is 15.5. The number of anilines is 1. The van der Waals surface area contributed by atoms with Gasteiger partial charge in [0, 0.05) is 23.4 Å². The molecule has 0 bridgehead atoms. The van der Waals surface area contributed by atoms with E-state index in [0.717, 1.165) is 34.8 Å². The molecule has 3 heteroatoms. The quantitative estimate of drug-likeness (QED) is 0.438. The van der Waals surface area contributed by atoms with Gasteiger partial charge in [-0.05, 0) is 60.2 Å².